The fraction of sp³-hybridized carbons (Fsp3) is 0.278. The number of halogens is 2. The molecule has 0 bridgehead atoms. The zero-order valence-electron chi connectivity index (χ0n) is 13.5. The lowest BCUT2D eigenvalue weighted by molar-refractivity contribution is 0.0911. The second-order valence-electron chi connectivity index (χ2n) is 5.30. The molecule has 0 heterocycles. The number of rotatable bonds is 6. The molecule has 24 heavy (non-hydrogen) atoms. The van der Waals surface area contributed by atoms with Crippen LogP contribution in [0.25, 0.3) is 11.1 Å². The first-order chi connectivity index (χ1) is 11.5. The summed E-state index contributed by atoms with van der Waals surface area (Å²) in [5.74, 6) is -1.55. The van der Waals surface area contributed by atoms with Gasteiger partial charge < -0.3 is 15.2 Å². The molecule has 1 atom stereocenters. The van der Waals surface area contributed by atoms with Crippen LogP contribution < -0.4 is 10.1 Å². The summed E-state index contributed by atoms with van der Waals surface area (Å²) < 4.78 is 33.2. The van der Waals surface area contributed by atoms with Crippen LogP contribution in [0, 0.1) is 11.6 Å². The maximum atomic E-state index is 14.3. The average molecular weight is 335 g/mol. The zero-order chi connectivity index (χ0) is 17.7. The van der Waals surface area contributed by atoms with Crippen LogP contribution in [-0.4, -0.2) is 30.8 Å². The lowest BCUT2D eigenvalue weighted by Crippen LogP contribution is -2.37. The molecular formula is C18H19F2NO3. The SMILES string of the molecule is CCC(CO)NC(=O)c1ccc(-c2ccc(OC)cc2F)cc1F. The summed E-state index contributed by atoms with van der Waals surface area (Å²) in [6.07, 6.45) is 0.527. The van der Waals surface area contributed by atoms with E-state index >= 15 is 0 Å². The van der Waals surface area contributed by atoms with Gasteiger partial charge in [-0.2, -0.15) is 0 Å². The Labute approximate surface area is 139 Å². The summed E-state index contributed by atoms with van der Waals surface area (Å²) in [5, 5.41) is 11.6. The van der Waals surface area contributed by atoms with Crippen LogP contribution in [0.1, 0.15) is 23.7 Å². The summed E-state index contributed by atoms with van der Waals surface area (Å²) in [6, 6.07) is 7.72. The van der Waals surface area contributed by atoms with E-state index in [2.05, 4.69) is 5.32 Å². The van der Waals surface area contributed by atoms with Gasteiger partial charge in [0, 0.05) is 11.6 Å². The molecule has 0 aliphatic carbocycles. The maximum absolute atomic E-state index is 14.3. The maximum Gasteiger partial charge on any atom is 0.254 e. The Kier molecular flexibility index (Phi) is 5.87. The van der Waals surface area contributed by atoms with Crippen LogP contribution in [0.5, 0.6) is 5.75 Å². The van der Waals surface area contributed by atoms with Gasteiger partial charge in [0.25, 0.3) is 5.91 Å². The Morgan fingerprint density at radius 1 is 1.21 bits per heavy atom. The van der Waals surface area contributed by atoms with Gasteiger partial charge >= 0.3 is 0 Å². The largest absolute Gasteiger partial charge is 0.497 e. The van der Waals surface area contributed by atoms with Crippen LogP contribution in [0.4, 0.5) is 8.78 Å². The lowest BCUT2D eigenvalue weighted by atomic mass is 10.0. The average Bonchev–Trinajstić information content (AvgIpc) is 2.59. The first-order valence-corrected chi connectivity index (χ1v) is 7.55. The molecule has 0 saturated heterocycles. The number of aliphatic hydroxyl groups is 1. The number of aliphatic hydroxyl groups excluding tert-OH is 1. The van der Waals surface area contributed by atoms with E-state index in [9.17, 15) is 13.6 Å². The van der Waals surface area contributed by atoms with Crippen LogP contribution in [-0.2, 0) is 0 Å². The third-order valence-corrected chi connectivity index (χ3v) is 3.75. The molecular weight excluding hydrogens is 316 g/mol. The van der Waals surface area contributed by atoms with Crippen LogP contribution in [0.2, 0.25) is 0 Å². The van der Waals surface area contributed by atoms with Crippen molar-refractivity contribution in [3.63, 3.8) is 0 Å². The third kappa shape index (κ3) is 3.89. The molecule has 2 N–H and O–H groups in total. The van der Waals surface area contributed by atoms with Gasteiger partial charge in [0.2, 0.25) is 0 Å². The molecule has 0 spiro atoms. The molecule has 2 rings (SSSR count). The van der Waals surface area contributed by atoms with Gasteiger partial charge in [-0.05, 0) is 36.2 Å². The van der Waals surface area contributed by atoms with Crippen molar-refractivity contribution in [3.05, 3.63) is 53.6 Å². The van der Waals surface area contributed by atoms with Crippen molar-refractivity contribution in [2.75, 3.05) is 13.7 Å². The van der Waals surface area contributed by atoms with Gasteiger partial charge in [0.05, 0.1) is 25.3 Å². The molecule has 128 valence electrons. The first kappa shape index (κ1) is 17.9. The summed E-state index contributed by atoms with van der Waals surface area (Å²) in [6.45, 7) is 1.58. The molecule has 0 fully saturated rings. The van der Waals surface area contributed by atoms with Gasteiger partial charge in [-0.25, -0.2) is 8.78 Å². The normalized spacial score (nSPS) is 11.9. The predicted octanol–water partition coefficient (Wildman–Crippen LogP) is 3.14. The third-order valence-electron chi connectivity index (χ3n) is 3.75. The lowest BCUT2D eigenvalue weighted by Gasteiger charge is -2.14. The van der Waals surface area contributed by atoms with Gasteiger partial charge in [-0.15, -0.1) is 0 Å². The van der Waals surface area contributed by atoms with E-state index in [1.165, 1.54) is 31.4 Å². The number of nitrogens with one attached hydrogen (secondary N) is 1. The summed E-state index contributed by atoms with van der Waals surface area (Å²) in [4.78, 5) is 12.0. The van der Waals surface area contributed by atoms with E-state index in [4.69, 9.17) is 9.84 Å². The summed E-state index contributed by atoms with van der Waals surface area (Å²) in [7, 11) is 1.43. The number of ether oxygens (including phenoxy) is 1. The Hall–Kier alpha value is -2.47. The van der Waals surface area contributed by atoms with E-state index in [0.717, 1.165) is 6.07 Å². The fourth-order valence-corrected chi connectivity index (χ4v) is 2.26. The van der Waals surface area contributed by atoms with Gasteiger partial charge in [0.15, 0.2) is 0 Å². The minimum absolute atomic E-state index is 0.153. The number of benzene rings is 2. The molecule has 0 radical (unpaired) electrons. The van der Waals surface area contributed by atoms with Gasteiger partial charge in [-0.1, -0.05) is 13.0 Å². The number of carbonyl (C=O) groups excluding carboxylic acids is 1. The molecule has 1 unspecified atom stereocenters. The van der Waals surface area contributed by atoms with E-state index in [-0.39, 0.29) is 17.7 Å². The van der Waals surface area contributed by atoms with E-state index < -0.39 is 23.6 Å². The Morgan fingerprint density at radius 3 is 2.50 bits per heavy atom. The Bertz CT molecular complexity index is 730. The Morgan fingerprint density at radius 2 is 1.96 bits per heavy atom. The summed E-state index contributed by atoms with van der Waals surface area (Å²) in [5.41, 5.74) is 0.376. The molecule has 2 aromatic carbocycles. The van der Waals surface area contributed by atoms with E-state index in [1.807, 2.05) is 0 Å². The van der Waals surface area contributed by atoms with Crippen molar-refractivity contribution in [3.8, 4) is 16.9 Å². The second-order valence-corrected chi connectivity index (χ2v) is 5.30. The molecule has 2 aromatic rings. The standard InChI is InChI=1S/C18H19F2NO3/c1-3-12(10-22)21-18(23)15-6-4-11(8-16(15)19)14-7-5-13(24-2)9-17(14)20/h4-9,12,22H,3,10H2,1-2H3,(H,21,23). The zero-order valence-corrected chi connectivity index (χ0v) is 13.5. The molecule has 4 nitrogen and oxygen atoms in total. The quantitative estimate of drug-likeness (QED) is 0.853. The minimum Gasteiger partial charge on any atom is -0.497 e. The van der Waals surface area contributed by atoms with Crippen molar-refractivity contribution in [2.45, 2.75) is 19.4 Å². The van der Waals surface area contributed by atoms with Crippen LogP contribution in [0.3, 0.4) is 0 Å². The highest BCUT2D eigenvalue weighted by Gasteiger charge is 2.17. The fourth-order valence-electron chi connectivity index (χ4n) is 2.26. The van der Waals surface area contributed by atoms with Crippen molar-refractivity contribution >= 4 is 5.91 Å². The number of hydrogen-bond acceptors (Lipinski definition) is 3. The van der Waals surface area contributed by atoms with Crippen molar-refractivity contribution < 1.29 is 23.4 Å². The van der Waals surface area contributed by atoms with Crippen molar-refractivity contribution in [1.82, 2.24) is 5.32 Å². The summed E-state index contributed by atoms with van der Waals surface area (Å²) >= 11 is 0. The number of hydrogen-bond donors (Lipinski definition) is 2. The number of methoxy groups -OCH3 is 1. The molecule has 0 saturated carbocycles. The highest BCUT2D eigenvalue weighted by molar-refractivity contribution is 5.95. The molecule has 0 aliphatic heterocycles. The highest BCUT2D eigenvalue weighted by Crippen LogP contribution is 2.27. The minimum atomic E-state index is -0.756. The topological polar surface area (TPSA) is 58.6 Å². The van der Waals surface area contributed by atoms with Gasteiger partial charge in [-0.3, -0.25) is 4.79 Å². The molecule has 0 aromatic heterocycles. The van der Waals surface area contributed by atoms with Crippen LogP contribution in [0.15, 0.2) is 36.4 Å². The van der Waals surface area contributed by atoms with E-state index in [1.54, 1.807) is 13.0 Å². The predicted molar refractivity (Wildman–Crippen MR) is 87.0 cm³/mol. The smallest absolute Gasteiger partial charge is 0.254 e. The molecule has 6 heteroatoms. The highest BCUT2D eigenvalue weighted by atomic mass is 19.1. The molecule has 1 amide bonds. The molecule has 0 aliphatic rings. The van der Waals surface area contributed by atoms with Crippen molar-refractivity contribution in [1.29, 1.82) is 0 Å². The second kappa shape index (κ2) is 7.88. The van der Waals surface area contributed by atoms with E-state index in [0.29, 0.717) is 17.7 Å². The van der Waals surface area contributed by atoms with Crippen LogP contribution >= 0.6 is 0 Å². The monoisotopic (exact) mass is 335 g/mol. The Balaban J connectivity index is 2.28. The number of amides is 1. The first-order valence-electron chi connectivity index (χ1n) is 7.55. The van der Waals surface area contributed by atoms with Gasteiger partial charge in [0.1, 0.15) is 17.4 Å². The van der Waals surface area contributed by atoms with Crippen molar-refractivity contribution in [2.24, 2.45) is 0 Å². The number of carbonyl (C=O) groups is 1.